The molecule has 0 aromatic carbocycles. The van der Waals surface area contributed by atoms with E-state index in [9.17, 15) is 0 Å². The van der Waals surface area contributed by atoms with Gasteiger partial charge in [0.1, 0.15) is 5.82 Å². The van der Waals surface area contributed by atoms with E-state index in [0.717, 1.165) is 18.4 Å². The van der Waals surface area contributed by atoms with Crippen LogP contribution >= 0.6 is 0 Å². The second-order valence-electron chi connectivity index (χ2n) is 3.19. The first kappa shape index (κ1) is 10.7. The molecule has 0 bridgehead atoms. The van der Waals surface area contributed by atoms with Gasteiger partial charge in [-0.05, 0) is 12.8 Å². The molecule has 5 heteroatoms. The first-order chi connectivity index (χ1) is 6.70. The van der Waals surface area contributed by atoms with Gasteiger partial charge in [-0.25, -0.2) is 0 Å². The number of hydrogen-bond donors (Lipinski definition) is 3. The molecule has 78 valence electrons. The Hall–Kier alpha value is -1.33. The summed E-state index contributed by atoms with van der Waals surface area (Å²) in [5.74, 6) is 6.10. The molecule has 0 fully saturated rings. The van der Waals surface area contributed by atoms with Gasteiger partial charge in [0.15, 0.2) is 0 Å². The summed E-state index contributed by atoms with van der Waals surface area (Å²) in [6.45, 7) is 3.67. The minimum absolute atomic E-state index is 0.0432. The Balaban J connectivity index is 2.78. The quantitative estimate of drug-likeness (QED) is 0.362. The maximum absolute atomic E-state index is 5.83. The Morgan fingerprint density at radius 2 is 2.50 bits per heavy atom. The summed E-state index contributed by atoms with van der Waals surface area (Å²) >= 11 is 0. The summed E-state index contributed by atoms with van der Waals surface area (Å²) in [7, 11) is 1.81. The van der Waals surface area contributed by atoms with Crippen LogP contribution in [-0.4, -0.2) is 9.78 Å². The summed E-state index contributed by atoms with van der Waals surface area (Å²) < 4.78 is 1.63. The van der Waals surface area contributed by atoms with Crippen molar-refractivity contribution in [3.8, 4) is 0 Å². The third kappa shape index (κ3) is 2.12. The summed E-state index contributed by atoms with van der Waals surface area (Å²) in [6.07, 6.45) is 5.36. The largest absolute Gasteiger partial charge is 0.384 e. The standard InChI is InChI=1S/C9H17N5/c1-3-4-5-8(13-11)7-6-12-14(2)9(7)10/h3,6,8,13H,1,4-5,10-11H2,2H3. The second kappa shape index (κ2) is 4.78. The van der Waals surface area contributed by atoms with E-state index < -0.39 is 0 Å². The fourth-order valence-electron chi connectivity index (χ4n) is 1.35. The minimum atomic E-state index is 0.0432. The number of nitrogen functional groups attached to an aromatic ring is 1. The molecule has 0 saturated heterocycles. The van der Waals surface area contributed by atoms with Gasteiger partial charge < -0.3 is 5.73 Å². The van der Waals surface area contributed by atoms with Crippen molar-refractivity contribution in [2.75, 3.05) is 5.73 Å². The van der Waals surface area contributed by atoms with Gasteiger partial charge in [0.05, 0.1) is 12.2 Å². The van der Waals surface area contributed by atoms with Crippen LogP contribution < -0.4 is 17.0 Å². The number of nitrogens with two attached hydrogens (primary N) is 2. The molecule has 1 aromatic heterocycles. The van der Waals surface area contributed by atoms with Gasteiger partial charge in [-0.3, -0.25) is 16.0 Å². The average Bonchev–Trinajstić information content (AvgIpc) is 2.51. The van der Waals surface area contributed by atoms with Crippen LogP contribution in [0.5, 0.6) is 0 Å². The Kier molecular flexibility index (Phi) is 3.67. The molecule has 1 atom stereocenters. The SMILES string of the molecule is C=CCCC(NN)c1cnn(C)c1N. The molecule has 0 aliphatic heterocycles. The highest BCUT2D eigenvalue weighted by molar-refractivity contribution is 5.40. The van der Waals surface area contributed by atoms with Gasteiger partial charge in [-0.2, -0.15) is 5.10 Å². The number of hydrazine groups is 1. The molecule has 14 heavy (non-hydrogen) atoms. The average molecular weight is 195 g/mol. The highest BCUT2D eigenvalue weighted by Crippen LogP contribution is 2.22. The maximum atomic E-state index is 5.83. The van der Waals surface area contributed by atoms with E-state index >= 15 is 0 Å². The lowest BCUT2D eigenvalue weighted by Gasteiger charge is -2.13. The van der Waals surface area contributed by atoms with Crippen molar-refractivity contribution in [1.82, 2.24) is 15.2 Å². The predicted molar refractivity (Wildman–Crippen MR) is 57.1 cm³/mol. The lowest BCUT2D eigenvalue weighted by molar-refractivity contribution is 0.522. The van der Waals surface area contributed by atoms with Crippen molar-refractivity contribution in [1.29, 1.82) is 0 Å². The predicted octanol–water partition coefficient (Wildman–Crippen LogP) is 0.473. The van der Waals surface area contributed by atoms with Crippen molar-refractivity contribution in [3.05, 3.63) is 24.4 Å². The lowest BCUT2D eigenvalue weighted by atomic mass is 10.1. The van der Waals surface area contributed by atoms with Crippen LogP contribution in [0.4, 0.5) is 5.82 Å². The van der Waals surface area contributed by atoms with E-state index in [4.69, 9.17) is 11.6 Å². The van der Waals surface area contributed by atoms with Gasteiger partial charge in [-0.15, -0.1) is 6.58 Å². The number of nitrogens with one attached hydrogen (secondary N) is 1. The van der Waals surface area contributed by atoms with Crippen molar-refractivity contribution in [2.24, 2.45) is 12.9 Å². The zero-order valence-electron chi connectivity index (χ0n) is 8.40. The molecule has 1 unspecified atom stereocenters. The van der Waals surface area contributed by atoms with Gasteiger partial charge >= 0.3 is 0 Å². The van der Waals surface area contributed by atoms with Crippen LogP contribution in [0, 0.1) is 0 Å². The molecule has 0 saturated carbocycles. The smallest absolute Gasteiger partial charge is 0.126 e. The topological polar surface area (TPSA) is 81.9 Å². The highest BCUT2D eigenvalue weighted by atomic mass is 15.3. The Morgan fingerprint density at radius 1 is 1.79 bits per heavy atom. The van der Waals surface area contributed by atoms with Gasteiger partial charge in [0.25, 0.3) is 0 Å². The van der Waals surface area contributed by atoms with E-state index in [2.05, 4.69) is 17.1 Å². The van der Waals surface area contributed by atoms with Gasteiger partial charge in [0, 0.05) is 12.6 Å². The molecular formula is C9H17N5. The summed E-state index contributed by atoms with van der Waals surface area (Å²) in [6, 6.07) is 0.0432. The zero-order valence-corrected chi connectivity index (χ0v) is 8.40. The molecule has 1 heterocycles. The fourth-order valence-corrected chi connectivity index (χ4v) is 1.35. The van der Waals surface area contributed by atoms with Crippen molar-refractivity contribution < 1.29 is 0 Å². The van der Waals surface area contributed by atoms with Crippen molar-refractivity contribution >= 4 is 5.82 Å². The Labute approximate surface area is 83.7 Å². The molecule has 1 aromatic rings. The maximum Gasteiger partial charge on any atom is 0.126 e. The number of rotatable bonds is 5. The van der Waals surface area contributed by atoms with E-state index in [-0.39, 0.29) is 6.04 Å². The van der Waals surface area contributed by atoms with Crippen molar-refractivity contribution in [3.63, 3.8) is 0 Å². The van der Waals surface area contributed by atoms with Gasteiger partial charge in [0.2, 0.25) is 0 Å². The number of hydrogen-bond acceptors (Lipinski definition) is 4. The van der Waals surface area contributed by atoms with E-state index in [1.54, 1.807) is 17.9 Å². The summed E-state index contributed by atoms with van der Waals surface area (Å²) in [5, 5.41) is 4.06. The molecule has 0 spiro atoms. The van der Waals surface area contributed by atoms with Crippen LogP contribution in [0.2, 0.25) is 0 Å². The monoisotopic (exact) mass is 195 g/mol. The third-order valence-electron chi connectivity index (χ3n) is 2.25. The first-order valence-electron chi connectivity index (χ1n) is 4.55. The molecule has 0 amide bonds. The van der Waals surface area contributed by atoms with Crippen LogP contribution in [0.3, 0.4) is 0 Å². The second-order valence-corrected chi connectivity index (χ2v) is 3.19. The first-order valence-corrected chi connectivity index (χ1v) is 4.55. The molecular weight excluding hydrogens is 178 g/mol. The highest BCUT2D eigenvalue weighted by Gasteiger charge is 2.14. The lowest BCUT2D eigenvalue weighted by Crippen LogP contribution is -2.28. The number of allylic oxidation sites excluding steroid dienone is 1. The van der Waals surface area contributed by atoms with Crippen molar-refractivity contribution in [2.45, 2.75) is 18.9 Å². The molecule has 0 aliphatic rings. The fraction of sp³-hybridized carbons (Fsp3) is 0.444. The van der Waals surface area contributed by atoms with Gasteiger partial charge in [-0.1, -0.05) is 6.08 Å². The molecule has 5 N–H and O–H groups in total. The van der Waals surface area contributed by atoms with E-state index in [0.29, 0.717) is 5.82 Å². The number of aryl methyl sites for hydroxylation is 1. The molecule has 1 rings (SSSR count). The third-order valence-corrected chi connectivity index (χ3v) is 2.25. The number of nitrogens with zero attached hydrogens (tertiary/aromatic N) is 2. The number of aromatic nitrogens is 2. The molecule has 0 aliphatic carbocycles. The van der Waals surface area contributed by atoms with Crippen LogP contribution in [0.15, 0.2) is 18.9 Å². The minimum Gasteiger partial charge on any atom is -0.384 e. The zero-order chi connectivity index (χ0) is 10.6. The van der Waals surface area contributed by atoms with E-state index in [1.807, 2.05) is 6.08 Å². The van der Waals surface area contributed by atoms with E-state index in [1.165, 1.54) is 0 Å². The summed E-state index contributed by atoms with van der Waals surface area (Å²) in [5.41, 5.74) is 9.50. The Morgan fingerprint density at radius 3 is 2.93 bits per heavy atom. The van der Waals surface area contributed by atoms with Crippen LogP contribution in [0.25, 0.3) is 0 Å². The number of anilines is 1. The normalized spacial score (nSPS) is 12.7. The molecule has 5 nitrogen and oxygen atoms in total. The summed E-state index contributed by atoms with van der Waals surface area (Å²) in [4.78, 5) is 0. The Bertz CT molecular complexity index is 304. The molecule has 0 radical (unpaired) electrons. The van der Waals surface area contributed by atoms with Crippen LogP contribution in [-0.2, 0) is 7.05 Å². The van der Waals surface area contributed by atoms with Crippen LogP contribution in [0.1, 0.15) is 24.4 Å².